The van der Waals surface area contributed by atoms with Crippen molar-refractivity contribution in [3.63, 3.8) is 0 Å². The van der Waals surface area contributed by atoms with Gasteiger partial charge in [-0.3, -0.25) is 19.3 Å². The largest absolute Gasteiger partial charge is 0.493 e. The predicted molar refractivity (Wildman–Crippen MR) is 106 cm³/mol. The number of halogens is 2. The van der Waals surface area contributed by atoms with Crippen LogP contribution in [-0.2, 0) is 4.74 Å². The topological polar surface area (TPSA) is 94.2 Å². The molecule has 10 heteroatoms. The number of carbonyl (C=O) groups excluding carboxylic acids is 3. The van der Waals surface area contributed by atoms with Crippen LogP contribution in [0.3, 0.4) is 0 Å². The molecular weight excluding hydrogens is 414 g/mol. The van der Waals surface area contributed by atoms with Gasteiger partial charge >= 0.3 is 6.61 Å². The molecule has 0 radical (unpaired) electrons. The van der Waals surface area contributed by atoms with Crippen LogP contribution in [0, 0.1) is 0 Å². The summed E-state index contributed by atoms with van der Waals surface area (Å²) in [5.41, 5.74) is 0.666. The highest BCUT2D eigenvalue weighted by Gasteiger charge is 2.35. The van der Waals surface area contributed by atoms with E-state index in [0.717, 1.165) is 4.90 Å². The van der Waals surface area contributed by atoms with Gasteiger partial charge < -0.3 is 19.5 Å². The van der Waals surface area contributed by atoms with E-state index in [1.54, 1.807) is 0 Å². The lowest BCUT2D eigenvalue weighted by atomic mass is 10.1. The van der Waals surface area contributed by atoms with Crippen molar-refractivity contribution in [2.24, 2.45) is 0 Å². The summed E-state index contributed by atoms with van der Waals surface area (Å²) in [6, 6.07) is 8.19. The Labute approximate surface area is 176 Å². The smallest absolute Gasteiger partial charge is 0.387 e. The molecule has 0 aromatic heterocycles. The number of fused-ring (bicyclic) bond motifs is 1. The summed E-state index contributed by atoms with van der Waals surface area (Å²) in [7, 11) is 2.83. The second-order valence-electron chi connectivity index (χ2n) is 6.57. The summed E-state index contributed by atoms with van der Waals surface area (Å²) in [6.07, 6.45) is 0.496. The van der Waals surface area contributed by atoms with Crippen molar-refractivity contribution in [3.05, 3.63) is 53.1 Å². The maximum atomic E-state index is 12.6. The van der Waals surface area contributed by atoms with Crippen LogP contribution in [0.15, 0.2) is 36.4 Å². The maximum absolute atomic E-state index is 12.6. The Morgan fingerprint density at radius 1 is 1.03 bits per heavy atom. The second-order valence-corrected chi connectivity index (χ2v) is 6.57. The van der Waals surface area contributed by atoms with Crippen molar-refractivity contribution < 1.29 is 37.4 Å². The number of amides is 3. The number of hydrogen-bond donors (Lipinski definition) is 1. The number of rotatable bonds is 9. The molecule has 1 heterocycles. The molecule has 0 bridgehead atoms. The first kappa shape index (κ1) is 22.2. The molecule has 0 atom stereocenters. The molecule has 0 saturated heterocycles. The minimum atomic E-state index is -3.06. The van der Waals surface area contributed by atoms with E-state index in [9.17, 15) is 23.2 Å². The minimum absolute atomic E-state index is 0.0773. The van der Waals surface area contributed by atoms with Crippen LogP contribution < -0.4 is 14.8 Å². The van der Waals surface area contributed by atoms with Gasteiger partial charge in [-0.1, -0.05) is 0 Å². The van der Waals surface area contributed by atoms with Crippen LogP contribution in [0.25, 0.3) is 0 Å². The van der Waals surface area contributed by atoms with Gasteiger partial charge in [0.05, 0.1) is 18.2 Å². The summed E-state index contributed by atoms with van der Waals surface area (Å²) in [5.74, 6) is -1.66. The number of nitrogens with zero attached hydrogens (tertiary/aromatic N) is 1. The van der Waals surface area contributed by atoms with E-state index in [1.807, 2.05) is 0 Å². The van der Waals surface area contributed by atoms with Crippen molar-refractivity contribution in [1.82, 2.24) is 4.90 Å². The normalized spacial score (nSPS) is 12.9. The summed E-state index contributed by atoms with van der Waals surface area (Å²) in [5, 5.41) is 2.55. The van der Waals surface area contributed by atoms with Crippen molar-refractivity contribution in [2.75, 3.05) is 32.7 Å². The Hall–Kier alpha value is -3.53. The van der Waals surface area contributed by atoms with Crippen molar-refractivity contribution in [1.29, 1.82) is 0 Å². The summed E-state index contributed by atoms with van der Waals surface area (Å²) in [4.78, 5) is 38.8. The fourth-order valence-corrected chi connectivity index (χ4v) is 3.15. The van der Waals surface area contributed by atoms with Crippen molar-refractivity contribution >= 4 is 23.4 Å². The summed E-state index contributed by atoms with van der Waals surface area (Å²) in [6.45, 7) is -2.45. The van der Waals surface area contributed by atoms with Crippen LogP contribution in [0.1, 0.15) is 37.5 Å². The van der Waals surface area contributed by atoms with Gasteiger partial charge in [0, 0.05) is 37.6 Å². The molecule has 3 amide bonds. The number of imide groups is 1. The van der Waals surface area contributed by atoms with E-state index in [4.69, 9.17) is 9.47 Å². The van der Waals surface area contributed by atoms with Gasteiger partial charge in [-0.2, -0.15) is 8.78 Å². The summed E-state index contributed by atoms with van der Waals surface area (Å²) < 4.78 is 39.5. The number of hydrogen-bond acceptors (Lipinski definition) is 6. The quantitative estimate of drug-likeness (QED) is 0.481. The fourth-order valence-electron chi connectivity index (χ4n) is 3.15. The third-order valence-electron chi connectivity index (χ3n) is 4.60. The molecule has 0 spiro atoms. The van der Waals surface area contributed by atoms with Gasteiger partial charge in [-0.25, -0.2) is 0 Å². The Morgan fingerprint density at radius 2 is 1.77 bits per heavy atom. The van der Waals surface area contributed by atoms with Gasteiger partial charge in [0.1, 0.15) is 0 Å². The number of carbonyl (C=O) groups is 3. The average Bonchev–Trinajstić information content (AvgIpc) is 2.98. The second kappa shape index (κ2) is 9.52. The molecule has 0 fully saturated rings. The zero-order valence-corrected chi connectivity index (χ0v) is 16.8. The lowest BCUT2D eigenvalue weighted by Gasteiger charge is -2.13. The Morgan fingerprint density at radius 3 is 2.45 bits per heavy atom. The first-order valence-electron chi connectivity index (χ1n) is 9.29. The van der Waals surface area contributed by atoms with Crippen molar-refractivity contribution in [2.45, 2.75) is 13.0 Å². The van der Waals surface area contributed by atoms with E-state index < -0.39 is 24.3 Å². The number of anilines is 1. The standard InChI is InChI=1S/C21H20F2N2O6/c1-29-9-3-8-25-19(27)14-6-4-12(10-15(14)20(25)28)18(26)24-13-5-7-16(30-2)17(11-13)31-21(22)23/h4-7,10-11,21H,3,8-9H2,1-2H3,(H,24,26). The van der Waals surface area contributed by atoms with Gasteiger partial charge in [-0.15, -0.1) is 0 Å². The van der Waals surface area contributed by atoms with Crippen LogP contribution in [0.5, 0.6) is 11.5 Å². The lowest BCUT2D eigenvalue weighted by Crippen LogP contribution is -2.31. The molecule has 0 aliphatic carbocycles. The van der Waals surface area contributed by atoms with E-state index >= 15 is 0 Å². The number of methoxy groups -OCH3 is 2. The molecule has 3 rings (SSSR count). The molecule has 8 nitrogen and oxygen atoms in total. The monoisotopic (exact) mass is 434 g/mol. The Kier molecular flexibility index (Phi) is 6.81. The molecule has 2 aromatic carbocycles. The van der Waals surface area contributed by atoms with Gasteiger partial charge in [0.15, 0.2) is 11.5 Å². The highest BCUT2D eigenvalue weighted by molar-refractivity contribution is 6.22. The van der Waals surface area contributed by atoms with Gasteiger partial charge in [0.25, 0.3) is 17.7 Å². The lowest BCUT2D eigenvalue weighted by molar-refractivity contribution is -0.0511. The zero-order valence-electron chi connectivity index (χ0n) is 16.8. The highest BCUT2D eigenvalue weighted by Crippen LogP contribution is 2.32. The number of benzene rings is 2. The van der Waals surface area contributed by atoms with Crippen LogP contribution in [0.2, 0.25) is 0 Å². The van der Waals surface area contributed by atoms with Gasteiger partial charge in [-0.05, 0) is 36.8 Å². The molecule has 1 aliphatic rings. The van der Waals surface area contributed by atoms with E-state index in [0.29, 0.717) is 13.0 Å². The minimum Gasteiger partial charge on any atom is -0.493 e. The highest BCUT2D eigenvalue weighted by atomic mass is 19.3. The fraction of sp³-hybridized carbons (Fsp3) is 0.286. The van der Waals surface area contributed by atoms with E-state index in [2.05, 4.69) is 10.1 Å². The SMILES string of the molecule is COCCCN1C(=O)c2ccc(C(=O)Nc3ccc(OC)c(OC(F)F)c3)cc2C1=O. The van der Waals surface area contributed by atoms with Crippen LogP contribution in [0.4, 0.5) is 14.5 Å². The number of nitrogens with one attached hydrogen (secondary N) is 1. The van der Waals surface area contributed by atoms with E-state index in [-0.39, 0.29) is 40.4 Å². The molecule has 0 saturated carbocycles. The number of ether oxygens (including phenoxy) is 3. The molecule has 164 valence electrons. The van der Waals surface area contributed by atoms with Crippen LogP contribution in [-0.4, -0.2) is 56.6 Å². The first-order valence-corrected chi connectivity index (χ1v) is 9.29. The van der Waals surface area contributed by atoms with Crippen LogP contribution >= 0.6 is 0 Å². The third-order valence-corrected chi connectivity index (χ3v) is 4.60. The Balaban J connectivity index is 1.78. The molecule has 1 aliphatic heterocycles. The molecular formula is C21H20F2N2O6. The molecule has 0 unspecified atom stereocenters. The zero-order chi connectivity index (χ0) is 22.5. The molecule has 2 aromatic rings. The maximum Gasteiger partial charge on any atom is 0.387 e. The Bertz CT molecular complexity index is 1010. The van der Waals surface area contributed by atoms with Crippen molar-refractivity contribution in [3.8, 4) is 11.5 Å². The predicted octanol–water partition coefficient (Wildman–Crippen LogP) is 3.18. The van der Waals surface area contributed by atoms with Gasteiger partial charge in [0.2, 0.25) is 0 Å². The number of alkyl halides is 2. The average molecular weight is 434 g/mol. The summed E-state index contributed by atoms with van der Waals surface area (Å²) >= 11 is 0. The third kappa shape index (κ3) is 4.80. The molecule has 31 heavy (non-hydrogen) atoms. The van der Waals surface area contributed by atoms with E-state index in [1.165, 1.54) is 50.6 Å². The molecule has 1 N–H and O–H groups in total. The first-order chi connectivity index (χ1) is 14.8.